The molecule has 2 rings (SSSR count). The van der Waals surface area contributed by atoms with Crippen molar-refractivity contribution in [2.75, 3.05) is 14.1 Å². The SMILES string of the molecule is CC1CCC(Cn2nnnc2CN(C)C)(C(=O)O)CC1. The molecule has 1 aliphatic rings. The van der Waals surface area contributed by atoms with E-state index in [1.165, 1.54) is 0 Å². The molecule has 0 bridgehead atoms. The molecule has 0 spiro atoms. The van der Waals surface area contributed by atoms with Gasteiger partial charge in [0.15, 0.2) is 5.82 Å². The maximum atomic E-state index is 11.8. The standard InChI is InChI=1S/C13H23N5O2/c1-10-4-6-13(7-5-10,12(19)20)9-18-11(8-17(2)3)14-15-16-18/h10H,4-9H2,1-3H3,(H,19,20). The molecule has 7 heteroatoms. The zero-order chi connectivity index (χ0) is 14.8. The van der Waals surface area contributed by atoms with Crippen LogP contribution in [-0.4, -0.2) is 50.3 Å². The van der Waals surface area contributed by atoms with E-state index >= 15 is 0 Å². The summed E-state index contributed by atoms with van der Waals surface area (Å²) in [5.41, 5.74) is -0.719. The van der Waals surface area contributed by atoms with Crippen LogP contribution in [0.15, 0.2) is 0 Å². The molecular formula is C13H23N5O2. The van der Waals surface area contributed by atoms with Gasteiger partial charge in [-0.15, -0.1) is 5.10 Å². The zero-order valence-electron chi connectivity index (χ0n) is 12.4. The molecule has 0 radical (unpaired) electrons. The first-order valence-electron chi connectivity index (χ1n) is 7.06. The molecule has 112 valence electrons. The number of carbonyl (C=O) groups is 1. The Morgan fingerprint density at radius 3 is 2.65 bits per heavy atom. The van der Waals surface area contributed by atoms with Crippen LogP contribution in [-0.2, 0) is 17.9 Å². The molecule has 0 amide bonds. The lowest BCUT2D eigenvalue weighted by atomic mass is 9.71. The van der Waals surface area contributed by atoms with Crippen LogP contribution in [0.4, 0.5) is 0 Å². The summed E-state index contributed by atoms with van der Waals surface area (Å²) in [7, 11) is 3.88. The summed E-state index contributed by atoms with van der Waals surface area (Å²) in [5.74, 6) is 0.600. The van der Waals surface area contributed by atoms with Gasteiger partial charge in [0.25, 0.3) is 0 Å². The van der Waals surface area contributed by atoms with Gasteiger partial charge in [-0.2, -0.15) is 0 Å². The lowest BCUT2D eigenvalue weighted by Gasteiger charge is -2.35. The largest absolute Gasteiger partial charge is 0.481 e. The topological polar surface area (TPSA) is 84.1 Å². The Morgan fingerprint density at radius 2 is 2.10 bits per heavy atom. The molecule has 1 saturated carbocycles. The zero-order valence-corrected chi connectivity index (χ0v) is 12.4. The van der Waals surface area contributed by atoms with E-state index in [-0.39, 0.29) is 0 Å². The number of aliphatic carboxylic acids is 1. The molecule has 1 N–H and O–H groups in total. The fourth-order valence-electron chi connectivity index (χ4n) is 2.78. The second-order valence-corrected chi connectivity index (χ2v) is 6.26. The Hall–Kier alpha value is -1.50. The third-order valence-corrected chi connectivity index (χ3v) is 4.20. The number of carboxylic acids is 1. The van der Waals surface area contributed by atoms with E-state index < -0.39 is 11.4 Å². The highest BCUT2D eigenvalue weighted by molar-refractivity contribution is 5.74. The second-order valence-electron chi connectivity index (χ2n) is 6.26. The Kier molecular flexibility index (Phi) is 4.37. The van der Waals surface area contributed by atoms with Crippen LogP contribution in [0.3, 0.4) is 0 Å². The van der Waals surface area contributed by atoms with Gasteiger partial charge in [0.1, 0.15) is 0 Å². The molecule has 0 saturated heterocycles. The van der Waals surface area contributed by atoms with Gasteiger partial charge in [-0.25, -0.2) is 4.68 Å². The van der Waals surface area contributed by atoms with Gasteiger partial charge in [0.05, 0.1) is 18.5 Å². The minimum Gasteiger partial charge on any atom is -0.481 e. The van der Waals surface area contributed by atoms with E-state index in [2.05, 4.69) is 22.4 Å². The molecule has 1 aromatic heterocycles. The third kappa shape index (κ3) is 3.15. The third-order valence-electron chi connectivity index (χ3n) is 4.20. The molecule has 0 aliphatic heterocycles. The quantitative estimate of drug-likeness (QED) is 0.867. The van der Waals surface area contributed by atoms with Crippen LogP contribution >= 0.6 is 0 Å². The molecule has 1 aliphatic carbocycles. The van der Waals surface area contributed by atoms with E-state index in [0.717, 1.165) is 12.8 Å². The highest BCUT2D eigenvalue weighted by Crippen LogP contribution is 2.40. The molecular weight excluding hydrogens is 258 g/mol. The van der Waals surface area contributed by atoms with E-state index in [0.29, 0.717) is 37.7 Å². The highest BCUT2D eigenvalue weighted by atomic mass is 16.4. The summed E-state index contributed by atoms with van der Waals surface area (Å²) in [4.78, 5) is 13.7. The average Bonchev–Trinajstić information content (AvgIpc) is 2.78. The summed E-state index contributed by atoms with van der Waals surface area (Å²) in [6.45, 7) is 3.16. The van der Waals surface area contributed by atoms with Crippen molar-refractivity contribution >= 4 is 5.97 Å². The van der Waals surface area contributed by atoms with E-state index in [1.807, 2.05) is 19.0 Å². The number of hydrogen-bond donors (Lipinski definition) is 1. The lowest BCUT2D eigenvalue weighted by molar-refractivity contribution is -0.153. The van der Waals surface area contributed by atoms with Crippen molar-refractivity contribution in [3.8, 4) is 0 Å². The van der Waals surface area contributed by atoms with Crippen molar-refractivity contribution in [1.82, 2.24) is 25.1 Å². The summed E-state index contributed by atoms with van der Waals surface area (Å²) < 4.78 is 1.66. The molecule has 20 heavy (non-hydrogen) atoms. The Morgan fingerprint density at radius 1 is 1.45 bits per heavy atom. The molecule has 1 aromatic rings. The average molecular weight is 281 g/mol. The van der Waals surface area contributed by atoms with E-state index in [9.17, 15) is 9.90 Å². The first kappa shape index (κ1) is 14.9. The van der Waals surface area contributed by atoms with Crippen molar-refractivity contribution in [3.05, 3.63) is 5.82 Å². The van der Waals surface area contributed by atoms with Gasteiger partial charge in [-0.05, 0) is 56.1 Å². The number of carboxylic acid groups (broad SMARTS) is 1. The van der Waals surface area contributed by atoms with Gasteiger partial charge in [-0.3, -0.25) is 4.79 Å². The smallest absolute Gasteiger partial charge is 0.311 e. The summed E-state index contributed by atoms with van der Waals surface area (Å²) >= 11 is 0. The van der Waals surface area contributed by atoms with Gasteiger partial charge in [-0.1, -0.05) is 6.92 Å². The second kappa shape index (κ2) is 5.87. The summed E-state index contributed by atoms with van der Waals surface area (Å²) in [6.07, 6.45) is 3.31. The van der Waals surface area contributed by atoms with E-state index in [4.69, 9.17) is 0 Å². The van der Waals surface area contributed by atoms with Crippen LogP contribution in [0.2, 0.25) is 0 Å². The number of nitrogens with zero attached hydrogens (tertiary/aromatic N) is 5. The van der Waals surface area contributed by atoms with Gasteiger partial charge >= 0.3 is 5.97 Å². The first-order valence-corrected chi connectivity index (χ1v) is 7.06. The fourth-order valence-corrected chi connectivity index (χ4v) is 2.78. The Bertz CT molecular complexity index is 463. The minimum atomic E-state index is -0.726. The maximum absolute atomic E-state index is 11.8. The summed E-state index contributed by atoms with van der Waals surface area (Å²) in [6, 6.07) is 0. The number of aromatic nitrogens is 4. The molecule has 7 nitrogen and oxygen atoms in total. The van der Waals surface area contributed by atoms with Crippen molar-refractivity contribution < 1.29 is 9.90 Å². The lowest BCUT2D eigenvalue weighted by Crippen LogP contribution is -2.39. The molecule has 1 fully saturated rings. The first-order chi connectivity index (χ1) is 9.43. The predicted molar refractivity (Wildman–Crippen MR) is 72.9 cm³/mol. The molecule has 0 aromatic carbocycles. The van der Waals surface area contributed by atoms with Crippen molar-refractivity contribution in [1.29, 1.82) is 0 Å². The highest BCUT2D eigenvalue weighted by Gasteiger charge is 2.42. The Balaban J connectivity index is 2.17. The van der Waals surface area contributed by atoms with E-state index in [1.54, 1.807) is 4.68 Å². The minimum absolute atomic E-state index is 0.366. The maximum Gasteiger partial charge on any atom is 0.311 e. The fraction of sp³-hybridized carbons (Fsp3) is 0.846. The molecule has 1 heterocycles. The van der Waals surface area contributed by atoms with Crippen molar-refractivity contribution in [2.24, 2.45) is 11.3 Å². The Labute approximate surface area is 119 Å². The van der Waals surface area contributed by atoms with Gasteiger partial charge < -0.3 is 10.0 Å². The molecule has 0 atom stereocenters. The number of rotatable bonds is 5. The number of hydrogen-bond acceptors (Lipinski definition) is 5. The summed E-state index contributed by atoms with van der Waals surface area (Å²) in [5, 5.41) is 21.3. The van der Waals surface area contributed by atoms with Crippen LogP contribution in [0.25, 0.3) is 0 Å². The predicted octanol–water partition coefficient (Wildman–Crippen LogP) is 1.02. The molecule has 0 unspecified atom stereocenters. The van der Waals surface area contributed by atoms with Crippen LogP contribution < -0.4 is 0 Å². The van der Waals surface area contributed by atoms with Crippen molar-refractivity contribution in [3.63, 3.8) is 0 Å². The van der Waals surface area contributed by atoms with Gasteiger partial charge in [0.2, 0.25) is 0 Å². The number of tetrazole rings is 1. The van der Waals surface area contributed by atoms with Gasteiger partial charge in [0, 0.05) is 0 Å². The normalized spacial score (nSPS) is 26.9. The van der Waals surface area contributed by atoms with Crippen LogP contribution in [0.1, 0.15) is 38.4 Å². The monoisotopic (exact) mass is 281 g/mol. The van der Waals surface area contributed by atoms with Crippen LogP contribution in [0.5, 0.6) is 0 Å². The van der Waals surface area contributed by atoms with Crippen LogP contribution in [0, 0.1) is 11.3 Å². The van der Waals surface area contributed by atoms with Crippen molar-refractivity contribution in [2.45, 2.75) is 45.7 Å².